The molecule has 2 bridgehead atoms. The number of Topliss-reactive ketones (excluding diaryl/α,β-unsaturated/α-hetero) is 1. The van der Waals surface area contributed by atoms with E-state index in [1.807, 2.05) is 6.92 Å². The maximum atomic E-state index is 12.0. The van der Waals surface area contributed by atoms with E-state index in [0.29, 0.717) is 6.61 Å². The summed E-state index contributed by atoms with van der Waals surface area (Å²) in [6.45, 7) is 5.58. The quantitative estimate of drug-likeness (QED) is 0.520. The van der Waals surface area contributed by atoms with Crippen molar-refractivity contribution in [1.82, 2.24) is 0 Å². The molecule has 4 heteroatoms. The van der Waals surface area contributed by atoms with E-state index in [9.17, 15) is 9.59 Å². The van der Waals surface area contributed by atoms with Crippen LogP contribution < -0.4 is 0 Å². The Bertz CT molecular complexity index is 360. The number of esters is 1. The molecule has 2 aliphatic rings. The highest BCUT2D eigenvalue weighted by molar-refractivity contribution is 5.96. The summed E-state index contributed by atoms with van der Waals surface area (Å²) in [7, 11) is 0. The summed E-state index contributed by atoms with van der Waals surface area (Å²) in [5, 5.41) is 0. The third-order valence-electron chi connectivity index (χ3n) is 3.47. The molecule has 1 fully saturated rings. The van der Waals surface area contributed by atoms with Crippen LogP contribution in [0.2, 0.25) is 0 Å². The number of fused-ring (bicyclic) bond motifs is 2. The second kappa shape index (κ2) is 3.70. The lowest BCUT2D eigenvalue weighted by molar-refractivity contribution is -0.187. The molecule has 0 aromatic heterocycles. The first-order chi connectivity index (χ1) is 7.53. The van der Waals surface area contributed by atoms with E-state index in [4.69, 9.17) is 9.47 Å². The van der Waals surface area contributed by atoms with Crippen molar-refractivity contribution in [3.63, 3.8) is 0 Å². The van der Waals surface area contributed by atoms with Gasteiger partial charge in [-0.1, -0.05) is 19.9 Å². The van der Waals surface area contributed by atoms with Crippen LogP contribution in [-0.2, 0) is 19.1 Å². The molecule has 0 radical (unpaired) electrons. The lowest BCUT2D eigenvalue weighted by Gasteiger charge is -2.38. The summed E-state index contributed by atoms with van der Waals surface area (Å²) in [6, 6.07) is 0. The number of hydrogen-bond acceptors (Lipinski definition) is 4. The second-order valence-electron chi connectivity index (χ2n) is 4.37. The highest BCUT2D eigenvalue weighted by Crippen LogP contribution is 2.41. The van der Waals surface area contributed by atoms with Crippen molar-refractivity contribution in [3.8, 4) is 0 Å². The van der Waals surface area contributed by atoms with E-state index in [-0.39, 0.29) is 17.8 Å². The van der Waals surface area contributed by atoms with Gasteiger partial charge in [0.1, 0.15) is 5.78 Å². The van der Waals surface area contributed by atoms with Crippen LogP contribution in [0.4, 0.5) is 0 Å². The van der Waals surface area contributed by atoms with Gasteiger partial charge in [0.25, 0.3) is 0 Å². The van der Waals surface area contributed by atoms with Crippen molar-refractivity contribution in [2.45, 2.75) is 32.5 Å². The van der Waals surface area contributed by atoms with Gasteiger partial charge in [-0.25, -0.2) is 4.79 Å². The van der Waals surface area contributed by atoms with Gasteiger partial charge in [0, 0.05) is 5.92 Å². The number of rotatable bonds is 2. The van der Waals surface area contributed by atoms with Crippen LogP contribution in [-0.4, -0.2) is 30.1 Å². The summed E-state index contributed by atoms with van der Waals surface area (Å²) >= 11 is 0. The van der Waals surface area contributed by atoms with Gasteiger partial charge < -0.3 is 9.47 Å². The standard InChI is InChI=1S/C12H16O4/c1-4-15-11(14)12-6-5-9(16-12)7(2)10(13)8(12)3/h5-9H,4H2,1-3H3/t7-,8-,9+,12-/m1/s1. The minimum absolute atomic E-state index is 0.0642. The largest absolute Gasteiger partial charge is 0.464 e. The maximum absolute atomic E-state index is 12.0. The molecular formula is C12H16O4. The molecular weight excluding hydrogens is 208 g/mol. The summed E-state index contributed by atoms with van der Waals surface area (Å²) < 4.78 is 10.7. The van der Waals surface area contributed by atoms with Crippen LogP contribution in [0.15, 0.2) is 12.2 Å². The minimum Gasteiger partial charge on any atom is -0.464 e. The van der Waals surface area contributed by atoms with Crippen molar-refractivity contribution in [1.29, 1.82) is 0 Å². The highest BCUT2D eigenvalue weighted by Gasteiger charge is 2.57. The van der Waals surface area contributed by atoms with Gasteiger partial charge in [0.05, 0.1) is 18.6 Å². The van der Waals surface area contributed by atoms with E-state index in [1.165, 1.54) is 0 Å². The first-order valence-electron chi connectivity index (χ1n) is 5.61. The molecule has 2 heterocycles. The fourth-order valence-electron chi connectivity index (χ4n) is 2.36. The second-order valence-corrected chi connectivity index (χ2v) is 4.37. The fourth-order valence-corrected chi connectivity index (χ4v) is 2.36. The number of hydrogen-bond donors (Lipinski definition) is 0. The number of ketones is 1. The molecule has 0 spiro atoms. The van der Waals surface area contributed by atoms with Crippen LogP contribution in [0.25, 0.3) is 0 Å². The molecule has 16 heavy (non-hydrogen) atoms. The molecule has 4 nitrogen and oxygen atoms in total. The topological polar surface area (TPSA) is 52.6 Å². The Labute approximate surface area is 94.6 Å². The molecule has 0 aromatic carbocycles. The smallest absolute Gasteiger partial charge is 0.343 e. The molecule has 0 saturated carbocycles. The van der Waals surface area contributed by atoms with Gasteiger partial charge in [-0.05, 0) is 13.0 Å². The van der Waals surface area contributed by atoms with Gasteiger partial charge in [-0.15, -0.1) is 0 Å². The summed E-state index contributed by atoms with van der Waals surface area (Å²) in [6.07, 6.45) is 3.19. The number of ether oxygens (including phenoxy) is 2. The van der Waals surface area contributed by atoms with Gasteiger partial charge >= 0.3 is 5.97 Å². The molecule has 0 amide bonds. The Morgan fingerprint density at radius 2 is 2.25 bits per heavy atom. The third-order valence-corrected chi connectivity index (χ3v) is 3.47. The minimum atomic E-state index is -1.18. The summed E-state index contributed by atoms with van der Waals surface area (Å²) in [5.41, 5.74) is -1.18. The number of carbonyl (C=O) groups excluding carboxylic acids is 2. The molecule has 1 saturated heterocycles. The molecule has 0 N–H and O–H groups in total. The Morgan fingerprint density at radius 1 is 1.56 bits per heavy atom. The van der Waals surface area contributed by atoms with Crippen molar-refractivity contribution < 1.29 is 19.1 Å². The zero-order valence-corrected chi connectivity index (χ0v) is 9.73. The van der Waals surface area contributed by atoms with Crippen molar-refractivity contribution >= 4 is 11.8 Å². The molecule has 0 unspecified atom stereocenters. The van der Waals surface area contributed by atoms with E-state index in [1.54, 1.807) is 26.0 Å². The molecule has 2 rings (SSSR count). The van der Waals surface area contributed by atoms with Gasteiger partial charge in [0.2, 0.25) is 0 Å². The van der Waals surface area contributed by atoms with Crippen LogP contribution >= 0.6 is 0 Å². The first kappa shape index (κ1) is 11.3. The normalized spacial score (nSPS) is 41.2. The predicted molar refractivity (Wildman–Crippen MR) is 56.7 cm³/mol. The molecule has 0 aromatic rings. The van der Waals surface area contributed by atoms with Crippen LogP contribution in [0, 0.1) is 11.8 Å². The average molecular weight is 224 g/mol. The lowest BCUT2D eigenvalue weighted by Crippen LogP contribution is -2.55. The van der Waals surface area contributed by atoms with E-state index in [2.05, 4.69) is 0 Å². The zero-order valence-electron chi connectivity index (χ0n) is 9.73. The Kier molecular flexibility index (Phi) is 2.62. The average Bonchev–Trinajstić information content (AvgIpc) is 2.68. The fraction of sp³-hybridized carbons (Fsp3) is 0.667. The maximum Gasteiger partial charge on any atom is 0.343 e. The SMILES string of the molecule is CCOC(=O)[C@]12C=C[C@H](O1)[C@@H](C)C(=O)[C@H]2C. The highest BCUT2D eigenvalue weighted by atomic mass is 16.6. The van der Waals surface area contributed by atoms with Gasteiger partial charge in [-0.3, -0.25) is 4.79 Å². The van der Waals surface area contributed by atoms with Gasteiger partial charge in [-0.2, -0.15) is 0 Å². The zero-order chi connectivity index (χ0) is 11.9. The van der Waals surface area contributed by atoms with Gasteiger partial charge in [0.15, 0.2) is 5.60 Å². The summed E-state index contributed by atoms with van der Waals surface area (Å²) in [5.74, 6) is -1.05. The van der Waals surface area contributed by atoms with Crippen LogP contribution in [0.5, 0.6) is 0 Å². The van der Waals surface area contributed by atoms with Crippen molar-refractivity contribution in [2.24, 2.45) is 11.8 Å². The molecule has 2 aliphatic heterocycles. The van der Waals surface area contributed by atoms with Crippen molar-refractivity contribution in [3.05, 3.63) is 12.2 Å². The molecule has 4 atom stereocenters. The lowest BCUT2D eigenvalue weighted by atomic mass is 9.80. The van der Waals surface area contributed by atoms with E-state index < -0.39 is 17.5 Å². The monoisotopic (exact) mass is 224 g/mol. The van der Waals surface area contributed by atoms with Crippen LogP contribution in [0.1, 0.15) is 20.8 Å². The molecule has 0 aliphatic carbocycles. The van der Waals surface area contributed by atoms with E-state index >= 15 is 0 Å². The molecule has 88 valence electrons. The number of carbonyl (C=O) groups is 2. The van der Waals surface area contributed by atoms with Crippen LogP contribution in [0.3, 0.4) is 0 Å². The third kappa shape index (κ3) is 1.33. The first-order valence-corrected chi connectivity index (χ1v) is 5.61. The van der Waals surface area contributed by atoms with E-state index in [0.717, 1.165) is 0 Å². The Morgan fingerprint density at radius 3 is 2.88 bits per heavy atom. The Hall–Kier alpha value is -1.16. The predicted octanol–water partition coefficient (Wildman–Crippen LogP) is 1.10. The van der Waals surface area contributed by atoms with Crippen molar-refractivity contribution in [2.75, 3.05) is 6.61 Å². The summed E-state index contributed by atoms with van der Waals surface area (Å²) in [4.78, 5) is 23.9. The Balaban J connectivity index is 2.32.